The smallest absolute Gasteiger partial charge is 0.0577 e. The average molecular weight is 457 g/mol. The molecule has 172 valence electrons. The van der Waals surface area contributed by atoms with Gasteiger partial charge in [-0.15, -0.1) is 23.2 Å². The molecule has 3 fully saturated rings. The molecule has 0 unspecified atom stereocenters. The minimum Gasteiger partial charge on any atom is -0.393 e. The number of hydrogen-bond donors (Lipinski definition) is 1. The van der Waals surface area contributed by atoms with Crippen molar-refractivity contribution in [2.75, 3.05) is 31.4 Å². The first-order valence-electron chi connectivity index (χ1n) is 12.6. The Morgan fingerprint density at radius 2 is 1.80 bits per heavy atom. The van der Waals surface area contributed by atoms with Crippen molar-refractivity contribution in [1.82, 2.24) is 4.90 Å². The van der Waals surface area contributed by atoms with Gasteiger partial charge in [0.25, 0.3) is 0 Å². The summed E-state index contributed by atoms with van der Waals surface area (Å²) in [5.41, 5.74) is 2.43. The maximum absolute atomic E-state index is 10.2. The standard InChI is InChI=1S/C26H43Cl2NO/c1-18(17-29(14-12-27)15-13-28)22-6-7-23-21-5-4-19-16-20(30)8-10-25(19,2)24(21)9-11-26(22,23)3/h4,18,20-24,30H,5-17H2,1-3H3/t18-,20-,21+,22-,23+,24+,25+,26-/m1/s1. The molecule has 0 aliphatic heterocycles. The second-order valence-electron chi connectivity index (χ2n) is 11.5. The van der Waals surface area contributed by atoms with Gasteiger partial charge in [0, 0.05) is 31.4 Å². The maximum Gasteiger partial charge on any atom is 0.0577 e. The molecule has 2 nitrogen and oxygen atoms in total. The molecule has 3 saturated carbocycles. The van der Waals surface area contributed by atoms with Crippen LogP contribution in [0.5, 0.6) is 0 Å². The lowest BCUT2D eigenvalue weighted by Crippen LogP contribution is -2.51. The monoisotopic (exact) mass is 455 g/mol. The molecule has 0 aromatic heterocycles. The van der Waals surface area contributed by atoms with Crippen LogP contribution in [0.3, 0.4) is 0 Å². The van der Waals surface area contributed by atoms with Gasteiger partial charge in [0.05, 0.1) is 6.10 Å². The zero-order valence-electron chi connectivity index (χ0n) is 19.4. The van der Waals surface area contributed by atoms with Crippen LogP contribution in [0.1, 0.15) is 72.1 Å². The average Bonchev–Trinajstić information content (AvgIpc) is 3.06. The summed E-state index contributed by atoms with van der Waals surface area (Å²) in [5, 5.41) is 10.2. The van der Waals surface area contributed by atoms with Crippen molar-refractivity contribution in [2.24, 2.45) is 40.4 Å². The van der Waals surface area contributed by atoms with Crippen molar-refractivity contribution in [3.8, 4) is 0 Å². The van der Waals surface area contributed by atoms with Crippen LogP contribution in [-0.2, 0) is 0 Å². The predicted octanol–water partition coefficient (Wildman–Crippen LogP) is 6.34. The minimum absolute atomic E-state index is 0.102. The Balaban J connectivity index is 1.50. The Morgan fingerprint density at radius 1 is 1.07 bits per heavy atom. The molecule has 0 aromatic rings. The summed E-state index contributed by atoms with van der Waals surface area (Å²) >= 11 is 12.1. The summed E-state index contributed by atoms with van der Waals surface area (Å²) in [6.07, 6.45) is 12.4. The van der Waals surface area contributed by atoms with Gasteiger partial charge in [-0.3, -0.25) is 0 Å². The van der Waals surface area contributed by atoms with Gasteiger partial charge >= 0.3 is 0 Å². The fourth-order valence-corrected chi connectivity index (χ4v) is 9.16. The number of fused-ring (bicyclic) bond motifs is 5. The highest BCUT2D eigenvalue weighted by Gasteiger charge is 2.59. The van der Waals surface area contributed by atoms with Gasteiger partial charge < -0.3 is 10.0 Å². The van der Waals surface area contributed by atoms with E-state index in [2.05, 4.69) is 31.7 Å². The van der Waals surface area contributed by atoms with Crippen LogP contribution < -0.4 is 0 Å². The van der Waals surface area contributed by atoms with Gasteiger partial charge in [0.1, 0.15) is 0 Å². The Hall–Kier alpha value is 0.240. The zero-order chi connectivity index (χ0) is 21.5. The van der Waals surface area contributed by atoms with E-state index in [1.165, 1.54) is 38.5 Å². The predicted molar refractivity (Wildman–Crippen MR) is 128 cm³/mol. The summed E-state index contributed by atoms with van der Waals surface area (Å²) in [4.78, 5) is 2.48. The van der Waals surface area contributed by atoms with Crippen LogP contribution in [0.4, 0.5) is 0 Å². The highest BCUT2D eigenvalue weighted by atomic mass is 35.5. The lowest BCUT2D eigenvalue weighted by Gasteiger charge is -2.58. The third kappa shape index (κ3) is 4.02. The summed E-state index contributed by atoms with van der Waals surface area (Å²) in [5.74, 6) is 5.48. The van der Waals surface area contributed by atoms with Gasteiger partial charge in [-0.2, -0.15) is 0 Å². The third-order valence-electron chi connectivity index (χ3n) is 10.2. The summed E-state index contributed by atoms with van der Waals surface area (Å²) in [7, 11) is 0. The first-order valence-corrected chi connectivity index (χ1v) is 13.6. The molecule has 8 atom stereocenters. The molecular formula is C26H43Cl2NO. The van der Waals surface area contributed by atoms with Gasteiger partial charge in [-0.1, -0.05) is 32.4 Å². The van der Waals surface area contributed by atoms with Gasteiger partial charge in [0.2, 0.25) is 0 Å². The lowest BCUT2D eigenvalue weighted by molar-refractivity contribution is -0.0583. The third-order valence-corrected chi connectivity index (χ3v) is 10.5. The van der Waals surface area contributed by atoms with E-state index in [4.69, 9.17) is 23.2 Å². The number of allylic oxidation sites excluding steroid dienone is 1. The van der Waals surface area contributed by atoms with Crippen molar-refractivity contribution in [3.05, 3.63) is 11.6 Å². The Kier molecular flexibility index (Phi) is 7.21. The topological polar surface area (TPSA) is 23.5 Å². The van der Waals surface area contributed by atoms with Crippen LogP contribution in [0, 0.1) is 40.4 Å². The molecule has 1 N–H and O–H groups in total. The number of aliphatic hydroxyl groups excluding tert-OH is 1. The van der Waals surface area contributed by atoms with Crippen LogP contribution in [0.15, 0.2) is 11.6 Å². The van der Waals surface area contributed by atoms with Gasteiger partial charge in [0.15, 0.2) is 0 Å². The second-order valence-corrected chi connectivity index (χ2v) is 12.3. The van der Waals surface area contributed by atoms with Crippen LogP contribution >= 0.6 is 23.2 Å². The quantitative estimate of drug-likeness (QED) is 0.357. The Bertz CT molecular complexity index is 633. The Morgan fingerprint density at radius 3 is 2.50 bits per heavy atom. The van der Waals surface area contributed by atoms with Crippen LogP contribution in [-0.4, -0.2) is 47.5 Å². The number of aliphatic hydroxyl groups is 1. The first-order chi connectivity index (χ1) is 14.3. The van der Waals surface area contributed by atoms with E-state index in [0.29, 0.717) is 28.5 Å². The lowest BCUT2D eigenvalue weighted by atomic mass is 9.47. The summed E-state index contributed by atoms with van der Waals surface area (Å²) in [6.45, 7) is 10.7. The zero-order valence-corrected chi connectivity index (χ0v) is 20.9. The number of nitrogens with zero attached hydrogens (tertiary/aromatic N) is 1. The van der Waals surface area contributed by atoms with E-state index in [1.807, 2.05) is 0 Å². The molecule has 4 heteroatoms. The number of halogens is 2. The van der Waals surface area contributed by atoms with E-state index < -0.39 is 0 Å². The molecule has 30 heavy (non-hydrogen) atoms. The normalized spacial score (nSPS) is 44.2. The largest absolute Gasteiger partial charge is 0.393 e. The molecule has 4 aliphatic carbocycles. The van der Waals surface area contributed by atoms with Crippen molar-refractivity contribution < 1.29 is 5.11 Å². The minimum atomic E-state index is -0.102. The SMILES string of the molecule is C[C@H](CN(CCCl)CCCl)[C@H]1CC[C@H]2[C@@H]3CC=C4C[C@H](O)CC[C@]4(C)[C@H]3CC[C@]12C. The molecule has 4 aliphatic rings. The first kappa shape index (κ1) is 23.4. The number of hydrogen-bond acceptors (Lipinski definition) is 2. The molecule has 0 amide bonds. The molecule has 0 heterocycles. The number of alkyl halides is 2. The fourth-order valence-electron chi connectivity index (χ4n) is 8.68. The van der Waals surface area contributed by atoms with Crippen LogP contribution in [0.25, 0.3) is 0 Å². The van der Waals surface area contributed by atoms with E-state index in [1.54, 1.807) is 5.57 Å². The van der Waals surface area contributed by atoms with E-state index in [9.17, 15) is 5.11 Å². The molecule has 0 aromatic carbocycles. The van der Waals surface area contributed by atoms with Crippen molar-refractivity contribution in [3.63, 3.8) is 0 Å². The molecule has 0 spiro atoms. The molecule has 0 saturated heterocycles. The maximum atomic E-state index is 10.2. The van der Waals surface area contributed by atoms with E-state index in [0.717, 1.165) is 56.1 Å². The molecular weight excluding hydrogens is 413 g/mol. The fraction of sp³-hybridized carbons (Fsp3) is 0.923. The summed E-state index contributed by atoms with van der Waals surface area (Å²) in [6, 6.07) is 0. The highest BCUT2D eigenvalue weighted by molar-refractivity contribution is 6.18. The van der Waals surface area contributed by atoms with Gasteiger partial charge in [-0.25, -0.2) is 0 Å². The second kappa shape index (κ2) is 9.24. The van der Waals surface area contributed by atoms with E-state index >= 15 is 0 Å². The van der Waals surface area contributed by atoms with Gasteiger partial charge in [-0.05, 0) is 91.8 Å². The van der Waals surface area contributed by atoms with E-state index in [-0.39, 0.29) is 6.10 Å². The number of rotatable bonds is 7. The van der Waals surface area contributed by atoms with Crippen molar-refractivity contribution >= 4 is 23.2 Å². The Labute approximate surface area is 194 Å². The highest BCUT2D eigenvalue weighted by Crippen LogP contribution is 2.67. The summed E-state index contributed by atoms with van der Waals surface area (Å²) < 4.78 is 0. The molecule has 0 radical (unpaired) electrons. The molecule has 4 rings (SSSR count). The van der Waals surface area contributed by atoms with Crippen LogP contribution in [0.2, 0.25) is 0 Å². The van der Waals surface area contributed by atoms with Crippen molar-refractivity contribution in [2.45, 2.75) is 78.2 Å². The van der Waals surface area contributed by atoms with Crippen molar-refractivity contribution in [1.29, 1.82) is 0 Å². The molecule has 0 bridgehead atoms.